The Hall–Kier alpha value is -1.31. The average Bonchev–Trinajstić information content (AvgIpc) is 2.74. The van der Waals surface area contributed by atoms with Crippen LogP contribution in [0.15, 0.2) is 30.3 Å². The number of nitrogens with one attached hydrogen (secondary N) is 1. The number of hydrogen-bond donors (Lipinski definition) is 1. The SMILES string of the molecule is O=C1NCCCC2(c3ccccc3)CCCC12. The van der Waals surface area contributed by atoms with E-state index in [1.807, 2.05) is 0 Å². The van der Waals surface area contributed by atoms with Gasteiger partial charge in [-0.25, -0.2) is 0 Å². The van der Waals surface area contributed by atoms with Crippen molar-refractivity contribution in [2.45, 2.75) is 37.5 Å². The molecule has 2 unspecified atom stereocenters. The third-order valence-electron chi connectivity index (χ3n) is 4.55. The van der Waals surface area contributed by atoms with E-state index >= 15 is 0 Å². The summed E-state index contributed by atoms with van der Waals surface area (Å²) in [5.41, 5.74) is 1.50. The standard InChI is InChI=1S/C15H19NO/c17-14-13-8-4-9-15(13,10-5-11-16-14)12-6-2-1-3-7-12/h1-3,6-7,13H,4-5,8-11H2,(H,16,17). The van der Waals surface area contributed by atoms with Gasteiger partial charge in [-0.15, -0.1) is 0 Å². The lowest BCUT2D eigenvalue weighted by atomic mass is 9.69. The van der Waals surface area contributed by atoms with Gasteiger partial charge < -0.3 is 5.32 Å². The second-order valence-corrected chi connectivity index (χ2v) is 5.36. The summed E-state index contributed by atoms with van der Waals surface area (Å²) in [7, 11) is 0. The molecule has 2 fully saturated rings. The second-order valence-electron chi connectivity index (χ2n) is 5.36. The molecule has 1 saturated heterocycles. The van der Waals surface area contributed by atoms with Crippen LogP contribution in [0.25, 0.3) is 0 Å². The number of hydrogen-bond acceptors (Lipinski definition) is 1. The molecule has 1 aromatic carbocycles. The molecule has 0 aromatic heterocycles. The Morgan fingerprint density at radius 3 is 2.71 bits per heavy atom. The van der Waals surface area contributed by atoms with E-state index in [0.717, 1.165) is 25.8 Å². The van der Waals surface area contributed by atoms with Crippen LogP contribution in [0.5, 0.6) is 0 Å². The summed E-state index contributed by atoms with van der Waals surface area (Å²) in [6.45, 7) is 0.851. The van der Waals surface area contributed by atoms with Gasteiger partial charge in [-0.2, -0.15) is 0 Å². The summed E-state index contributed by atoms with van der Waals surface area (Å²) >= 11 is 0. The first-order chi connectivity index (χ1) is 8.33. The predicted molar refractivity (Wildman–Crippen MR) is 67.7 cm³/mol. The molecule has 2 aliphatic rings. The molecule has 0 spiro atoms. The molecule has 2 atom stereocenters. The van der Waals surface area contributed by atoms with Gasteiger partial charge >= 0.3 is 0 Å². The van der Waals surface area contributed by atoms with Gasteiger partial charge in [-0.3, -0.25) is 4.79 Å². The summed E-state index contributed by atoms with van der Waals surface area (Å²) in [4.78, 5) is 12.2. The smallest absolute Gasteiger partial charge is 0.224 e. The molecule has 1 saturated carbocycles. The molecule has 2 nitrogen and oxygen atoms in total. The van der Waals surface area contributed by atoms with E-state index < -0.39 is 0 Å². The lowest BCUT2D eigenvalue weighted by molar-refractivity contribution is -0.125. The van der Waals surface area contributed by atoms with Gasteiger partial charge in [0.05, 0.1) is 0 Å². The van der Waals surface area contributed by atoms with Crippen LogP contribution in [0.2, 0.25) is 0 Å². The maximum Gasteiger partial charge on any atom is 0.224 e. The van der Waals surface area contributed by atoms with Crippen molar-refractivity contribution in [1.82, 2.24) is 5.32 Å². The number of carbonyl (C=O) groups excluding carboxylic acids is 1. The van der Waals surface area contributed by atoms with Crippen molar-refractivity contribution < 1.29 is 4.79 Å². The topological polar surface area (TPSA) is 29.1 Å². The van der Waals surface area contributed by atoms with E-state index in [1.54, 1.807) is 0 Å². The molecule has 1 heterocycles. The van der Waals surface area contributed by atoms with E-state index in [2.05, 4.69) is 35.6 Å². The Balaban J connectivity index is 2.05. The molecule has 1 aliphatic carbocycles. The zero-order chi connectivity index (χ0) is 11.7. The van der Waals surface area contributed by atoms with Crippen molar-refractivity contribution in [2.24, 2.45) is 5.92 Å². The average molecular weight is 229 g/mol. The molecule has 1 amide bonds. The van der Waals surface area contributed by atoms with E-state index in [4.69, 9.17) is 0 Å². The molecule has 1 N–H and O–H groups in total. The molecule has 2 heteroatoms. The van der Waals surface area contributed by atoms with Gasteiger partial charge in [-0.05, 0) is 31.2 Å². The molecule has 1 aliphatic heterocycles. The highest BCUT2D eigenvalue weighted by Crippen LogP contribution is 2.49. The fraction of sp³-hybridized carbons (Fsp3) is 0.533. The zero-order valence-electron chi connectivity index (χ0n) is 10.1. The maximum atomic E-state index is 12.2. The van der Waals surface area contributed by atoms with Crippen LogP contribution >= 0.6 is 0 Å². The lowest BCUT2D eigenvalue weighted by Crippen LogP contribution is -2.38. The van der Waals surface area contributed by atoms with Crippen LogP contribution in [0.3, 0.4) is 0 Å². The summed E-state index contributed by atoms with van der Waals surface area (Å²) < 4.78 is 0. The number of rotatable bonds is 1. The third-order valence-corrected chi connectivity index (χ3v) is 4.55. The van der Waals surface area contributed by atoms with Crippen molar-refractivity contribution >= 4 is 5.91 Å². The fourth-order valence-electron chi connectivity index (χ4n) is 3.75. The largest absolute Gasteiger partial charge is 0.356 e. The Kier molecular flexibility index (Phi) is 2.65. The van der Waals surface area contributed by atoms with Gasteiger partial charge in [0.25, 0.3) is 0 Å². The molecule has 90 valence electrons. The molecule has 17 heavy (non-hydrogen) atoms. The van der Waals surface area contributed by atoms with Crippen LogP contribution in [0.1, 0.15) is 37.7 Å². The predicted octanol–water partition coefficient (Wildman–Crippen LogP) is 2.63. The minimum atomic E-state index is 0.127. The first-order valence-electron chi connectivity index (χ1n) is 6.66. The molecule has 3 rings (SSSR count). The number of amides is 1. The van der Waals surface area contributed by atoms with Gasteiger partial charge in [0, 0.05) is 17.9 Å². The van der Waals surface area contributed by atoms with Crippen molar-refractivity contribution in [3.8, 4) is 0 Å². The highest BCUT2D eigenvalue weighted by Gasteiger charge is 2.48. The van der Waals surface area contributed by atoms with Crippen molar-refractivity contribution in [3.63, 3.8) is 0 Å². The zero-order valence-corrected chi connectivity index (χ0v) is 10.1. The van der Waals surface area contributed by atoms with Crippen molar-refractivity contribution in [3.05, 3.63) is 35.9 Å². The van der Waals surface area contributed by atoms with E-state index in [-0.39, 0.29) is 17.2 Å². The second kappa shape index (κ2) is 4.17. The highest BCUT2D eigenvalue weighted by molar-refractivity contribution is 5.81. The Labute approximate surface area is 102 Å². The van der Waals surface area contributed by atoms with E-state index in [9.17, 15) is 4.79 Å². The van der Waals surface area contributed by atoms with E-state index in [1.165, 1.54) is 18.4 Å². The maximum absolute atomic E-state index is 12.2. The Morgan fingerprint density at radius 1 is 1.12 bits per heavy atom. The Bertz CT molecular complexity index is 414. The number of fused-ring (bicyclic) bond motifs is 1. The summed E-state index contributed by atoms with van der Waals surface area (Å²) in [5, 5.41) is 3.07. The summed E-state index contributed by atoms with van der Waals surface area (Å²) in [6, 6.07) is 10.7. The van der Waals surface area contributed by atoms with Gasteiger partial charge in [-0.1, -0.05) is 36.8 Å². The van der Waals surface area contributed by atoms with Crippen LogP contribution in [0.4, 0.5) is 0 Å². The Morgan fingerprint density at radius 2 is 1.88 bits per heavy atom. The van der Waals surface area contributed by atoms with Crippen LogP contribution in [0, 0.1) is 5.92 Å². The number of benzene rings is 1. The lowest BCUT2D eigenvalue weighted by Gasteiger charge is -2.33. The first kappa shape index (κ1) is 10.8. The highest BCUT2D eigenvalue weighted by atomic mass is 16.1. The van der Waals surface area contributed by atoms with Crippen LogP contribution < -0.4 is 5.32 Å². The van der Waals surface area contributed by atoms with Gasteiger partial charge in [0.15, 0.2) is 0 Å². The minimum absolute atomic E-state index is 0.127. The monoisotopic (exact) mass is 229 g/mol. The first-order valence-corrected chi connectivity index (χ1v) is 6.66. The fourth-order valence-corrected chi connectivity index (χ4v) is 3.75. The molecule has 0 bridgehead atoms. The van der Waals surface area contributed by atoms with E-state index in [0.29, 0.717) is 0 Å². The number of carbonyl (C=O) groups is 1. The molecular weight excluding hydrogens is 210 g/mol. The van der Waals surface area contributed by atoms with Crippen LogP contribution in [-0.2, 0) is 10.2 Å². The molecule has 0 radical (unpaired) electrons. The van der Waals surface area contributed by atoms with Crippen molar-refractivity contribution in [2.75, 3.05) is 6.54 Å². The van der Waals surface area contributed by atoms with Gasteiger partial charge in [0.1, 0.15) is 0 Å². The summed E-state index contributed by atoms with van der Waals surface area (Å²) in [6.07, 6.45) is 5.68. The molecular formula is C15H19NO. The van der Waals surface area contributed by atoms with Crippen LogP contribution in [-0.4, -0.2) is 12.5 Å². The molecule has 1 aromatic rings. The van der Waals surface area contributed by atoms with Gasteiger partial charge in [0.2, 0.25) is 5.91 Å². The van der Waals surface area contributed by atoms with Crippen molar-refractivity contribution in [1.29, 1.82) is 0 Å². The third kappa shape index (κ3) is 1.67. The normalized spacial score (nSPS) is 32.7. The summed E-state index contributed by atoms with van der Waals surface area (Å²) in [5.74, 6) is 0.483. The quantitative estimate of drug-likeness (QED) is 0.788. The minimum Gasteiger partial charge on any atom is -0.356 e.